The van der Waals surface area contributed by atoms with Crippen LogP contribution in [-0.4, -0.2) is 46.6 Å². The highest BCUT2D eigenvalue weighted by Gasteiger charge is 2.23. The lowest BCUT2D eigenvalue weighted by atomic mass is 9.95. The van der Waals surface area contributed by atoms with Crippen LogP contribution in [0.4, 0.5) is 5.69 Å². The third-order valence-electron chi connectivity index (χ3n) is 5.82. The molecule has 1 aliphatic rings. The first-order chi connectivity index (χ1) is 15.1. The number of nitrogens with zero attached hydrogens (tertiary/aromatic N) is 3. The largest absolute Gasteiger partial charge is 0.493 e. The van der Waals surface area contributed by atoms with Crippen LogP contribution in [0.25, 0.3) is 22.4 Å². The number of aromatic nitrogens is 4. The van der Waals surface area contributed by atoms with E-state index in [9.17, 15) is 4.79 Å². The number of hydrogen-bond donors (Lipinski definition) is 2. The summed E-state index contributed by atoms with van der Waals surface area (Å²) in [5.41, 5.74) is 3.54. The maximum Gasteiger partial charge on any atom is 0.277 e. The van der Waals surface area contributed by atoms with Crippen LogP contribution in [-0.2, 0) is 4.74 Å². The normalized spacial score (nSPS) is 14.8. The van der Waals surface area contributed by atoms with Crippen LogP contribution in [0, 0.1) is 6.92 Å². The van der Waals surface area contributed by atoms with Gasteiger partial charge >= 0.3 is 0 Å². The van der Waals surface area contributed by atoms with Crippen molar-refractivity contribution >= 4 is 16.7 Å². The van der Waals surface area contributed by atoms with E-state index in [0.717, 1.165) is 29.8 Å². The Bertz CT molecular complexity index is 1100. The average Bonchev–Trinajstić information content (AvgIpc) is 3.12. The van der Waals surface area contributed by atoms with E-state index >= 15 is 0 Å². The van der Waals surface area contributed by atoms with E-state index in [4.69, 9.17) is 19.6 Å². The monoisotopic (exact) mass is 425 g/mol. The molecule has 2 aromatic heterocycles. The Morgan fingerprint density at radius 2 is 2.06 bits per heavy atom. The molecular formula is C23H31N5O3. The van der Waals surface area contributed by atoms with Gasteiger partial charge < -0.3 is 19.8 Å². The fraction of sp³-hybridized carbons (Fsp3) is 0.522. The van der Waals surface area contributed by atoms with Crippen LogP contribution >= 0.6 is 0 Å². The molecule has 0 atom stereocenters. The molecule has 31 heavy (non-hydrogen) atoms. The number of methoxy groups -OCH3 is 1. The molecule has 2 heterocycles. The van der Waals surface area contributed by atoms with Gasteiger partial charge in [-0.1, -0.05) is 19.3 Å². The van der Waals surface area contributed by atoms with Crippen molar-refractivity contribution in [2.24, 2.45) is 0 Å². The fourth-order valence-electron chi connectivity index (χ4n) is 4.31. The number of nitrogens with one attached hydrogen (secondary N) is 2. The molecule has 1 aromatic carbocycles. The summed E-state index contributed by atoms with van der Waals surface area (Å²) in [7, 11) is 1.67. The fourth-order valence-corrected chi connectivity index (χ4v) is 4.31. The van der Waals surface area contributed by atoms with Crippen molar-refractivity contribution in [3.05, 3.63) is 34.2 Å². The van der Waals surface area contributed by atoms with Crippen molar-refractivity contribution in [2.75, 3.05) is 32.2 Å². The van der Waals surface area contributed by atoms with E-state index in [-0.39, 0.29) is 11.6 Å². The van der Waals surface area contributed by atoms with Gasteiger partial charge in [0.15, 0.2) is 5.52 Å². The second-order valence-electron chi connectivity index (χ2n) is 8.00. The van der Waals surface area contributed by atoms with Gasteiger partial charge in [0.1, 0.15) is 17.1 Å². The number of hydrogen-bond acceptors (Lipinski definition) is 6. The predicted molar refractivity (Wildman–Crippen MR) is 122 cm³/mol. The van der Waals surface area contributed by atoms with Crippen LogP contribution in [0.1, 0.15) is 50.8 Å². The van der Waals surface area contributed by atoms with Crippen LogP contribution in [0.15, 0.2) is 23.0 Å². The SMILES string of the molecule is CCOc1cc(NCCOC)ccc1-c1nc2c(C)nn(C3CCCCC3)c2c(=O)[nH]1. The number of H-pyrrole nitrogens is 1. The summed E-state index contributed by atoms with van der Waals surface area (Å²) < 4.78 is 12.9. The topological polar surface area (TPSA) is 94.1 Å². The van der Waals surface area contributed by atoms with Crippen molar-refractivity contribution in [3.63, 3.8) is 0 Å². The third-order valence-corrected chi connectivity index (χ3v) is 5.82. The Hall–Kier alpha value is -2.87. The van der Waals surface area contributed by atoms with Crippen molar-refractivity contribution in [2.45, 2.75) is 52.0 Å². The Labute approximate surface area is 182 Å². The molecule has 0 amide bonds. The lowest BCUT2D eigenvalue weighted by molar-refractivity contribution is 0.211. The zero-order chi connectivity index (χ0) is 21.8. The van der Waals surface area contributed by atoms with E-state index in [1.54, 1.807) is 7.11 Å². The highest BCUT2D eigenvalue weighted by molar-refractivity contribution is 5.80. The first-order valence-corrected chi connectivity index (χ1v) is 11.1. The Balaban J connectivity index is 1.74. The third kappa shape index (κ3) is 4.44. The maximum absolute atomic E-state index is 13.1. The second kappa shape index (κ2) is 9.51. The molecule has 0 spiro atoms. The Kier molecular flexibility index (Phi) is 6.56. The van der Waals surface area contributed by atoms with Crippen LogP contribution in [0.2, 0.25) is 0 Å². The van der Waals surface area contributed by atoms with Crippen LogP contribution < -0.4 is 15.6 Å². The van der Waals surface area contributed by atoms with Gasteiger partial charge in [0.25, 0.3) is 5.56 Å². The Morgan fingerprint density at radius 1 is 1.26 bits per heavy atom. The number of rotatable bonds is 8. The van der Waals surface area contributed by atoms with E-state index in [0.29, 0.717) is 42.4 Å². The number of anilines is 1. The summed E-state index contributed by atoms with van der Waals surface area (Å²) in [4.78, 5) is 20.9. The minimum absolute atomic E-state index is 0.157. The standard InChI is InChI=1S/C23H31N5O3/c1-4-31-19-14-16(24-12-13-30-3)10-11-18(19)22-25-20-15(2)27-28(21(20)23(29)26-22)17-8-6-5-7-9-17/h10-11,14,17,24H,4-9,12-13H2,1-3H3,(H,25,26,29). The molecule has 0 aliphatic heterocycles. The molecule has 166 valence electrons. The number of benzene rings is 1. The molecule has 0 radical (unpaired) electrons. The summed E-state index contributed by atoms with van der Waals surface area (Å²) in [5, 5.41) is 8.01. The minimum atomic E-state index is -0.157. The molecule has 3 aromatic rings. The first kappa shape index (κ1) is 21.4. The molecule has 0 saturated heterocycles. The first-order valence-electron chi connectivity index (χ1n) is 11.1. The Morgan fingerprint density at radius 3 is 2.81 bits per heavy atom. The molecule has 1 saturated carbocycles. The minimum Gasteiger partial charge on any atom is -0.493 e. The van der Waals surface area contributed by atoms with Gasteiger partial charge in [-0.25, -0.2) is 4.98 Å². The van der Waals surface area contributed by atoms with Gasteiger partial charge in [0.2, 0.25) is 0 Å². The molecule has 0 bridgehead atoms. The van der Waals surface area contributed by atoms with E-state index < -0.39 is 0 Å². The number of ether oxygens (including phenoxy) is 2. The van der Waals surface area contributed by atoms with Crippen molar-refractivity contribution in [3.8, 4) is 17.1 Å². The van der Waals surface area contributed by atoms with Gasteiger partial charge in [-0.15, -0.1) is 0 Å². The van der Waals surface area contributed by atoms with Gasteiger partial charge in [-0.05, 0) is 38.8 Å². The van der Waals surface area contributed by atoms with Crippen molar-refractivity contribution in [1.29, 1.82) is 0 Å². The van der Waals surface area contributed by atoms with E-state index in [1.165, 1.54) is 19.3 Å². The second-order valence-corrected chi connectivity index (χ2v) is 8.00. The predicted octanol–water partition coefficient (Wildman–Crippen LogP) is 4.06. The lowest BCUT2D eigenvalue weighted by Gasteiger charge is -2.22. The van der Waals surface area contributed by atoms with Crippen molar-refractivity contribution < 1.29 is 9.47 Å². The summed E-state index contributed by atoms with van der Waals surface area (Å²) >= 11 is 0. The zero-order valence-corrected chi connectivity index (χ0v) is 18.5. The zero-order valence-electron chi connectivity index (χ0n) is 18.5. The summed E-state index contributed by atoms with van der Waals surface area (Å²) in [6.45, 7) is 5.68. The van der Waals surface area contributed by atoms with Crippen LogP contribution in [0.5, 0.6) is 5.75 Å². The van der Waals surface area contributed by atoms with E-state index in [1.807, 2.05) is 36.7 Å². The number of fused-ring (bicyclic) bond motifs is 1. The van der Waals surface area contributed by atoms with Gasteiger partial charge in [-0.3, -0.25) is 9.48 Å². The smallest absolute Gasteiger partial charge is 0.277 e. The molecule has 1 fully saturated rings. The quantitative estimate of drug-likeness (QED) is 0.529. The molecule has 8 heteroatoms. The van der Waals surface area contributed by atoms with Gasteiger partial charge in [0, 0.05) is 25.4 Å². The summed E-state index contributed by atoms with van der Waals surface area (Å²) in [5.74, 6) is 1.17. The molecule has 8 nitrogen and oxygen atoms in total. The highest BCUT2D eigenvalue weighted by atomic mass is 16.5. The van der Waals surface area contributed by atoms with Gasteiger partial charge in [-0.2, -0.15) is 5.10 Å². The maximum atomic E-state index is 13.1. The number of aromatic amines is 1. The van der Waals surface area contributed by atoms with E-state index in [2.05, 4.69) is 10.3 Å². The van der Waals surface area contributed by atoms with Gasteiger partial charge in [0.05, 0.1) is 30.5 Å². The summed E-state index contributed by atoms with van der Waals surface area (Å²) in [6, 6.07) is 6.08. The molecule has 2 N–H and O–H groups in total. The highest BCUT2D eigenvalue weighted by Crippen LogP contribution is 2.33. The average molecular weight is 426 g/mol. The number of aryl methyl sites for hydroxylation is 1. The molecule has 1 aliphatic carbocycles. The van der Waals surface area contributed by atoms with Crippen LogP contribution in [0.3, 0.4) is 0 Å². The molecule has 0 unspecified atom stereocenters. The summed E-state index contributed by atoms with van der Waals surface area (Å²) in [6.07, 6.45) is 5.73. The lowest BCUT2D eigenvalue weighted by Crippen LogP contribution is -2.19. The molecular weight excluding hydrogens is 394 g/mol. The molecule has 4 rings (SSSR count). The van der Waals surface area contributed by atoms with Crippen molar-refractivity contribution in [1.82, 2.24) is 19.7 Å².